The molecule has 1 aliphatic rings. The van der Waals surface area contributed by atoms with Crippen LogP contribution in [0.1, 0.15) is 28.8 Å². The van der Waals surface area contributed by atoms with E-state index in [-0.39, 0.29) is 23.4 Å². The minimum Gasteiger partial charge on any atom is -0.339 e. The van der Waals surface area contributed by atoms with E-state index in [0.717, 1.165) is 0 Å². The summed E-state index contributed by atoms with van der Waals surface area (Å²) in [5.41, 5.74) is 1.77. The fraction of sp³-hybridized carbons (Fsp3) is 0.300. The van der Waals surface area contributed by atoms with Crippen LogP contribution >= 0.6 is 11.6 Å². The second-order valence-corrected chi connectivity index (χ2v) is 7.26. The molecule has 3 rings (SSSR count). The molecular formula is C20H20ClN3O4. The first kappa shape index (κ1) is 19.8. The van der Waals surface area contributed by atoms with Crippen molar-refractivity contribution in [1.82, 2.24) is 4.90 Å². The molecular weight excluding hydrogens is 382 g/mol. The van der Waals surface area contributed by atoms with Gasteiger partial charge in [-0.15, -0.1) is 0 Å². The quantitative estimate of drug-likeness (QED) is 0.617. The molecule has 146 valence electrons. The van der Waals surface area contributed by atoms with Crippen LogP contribution in [0.4, 0.5) is 11.4 Å². The molecule has 0 aliphatic carbocycles. The van der Waals surface area contributed by atoms with Crippen molar-refractivity contribution in [3.05, 3.63) is 68.7 Å². The van der Waals surface area contributed by atoms with E-state index in [1.54, 1.807) is 42.2 Å². The first-order valence-electron chi connectivity index (χ1n) is 8.96. The molecule has 0 radical (unpaired) electrons. The molecule has 8 heteroatoms. The summed E-state index contributed by atoms with van der Waals surface area (Å²) in [5.74, 6) is -0.402. The van der Waals surface area contributed by atoms with Gasteiger partial charge in [-0.3, -0.25) is 19.7 Å². The van der Waals surface area contributed by atoms with Gasteiger partial charge < -0.3 is 10.2 Å². The Kier molecular flexibility index (Phi) is 5.94. The molecule has 1 fully saturated rings. The number of benzene rings is 2. The molecule has 0 spiro atoms. The lowest BCUT2D eigenvalue weighted by atomic mass is 9.95. The second kappa shape index (κ2) is 8.39. The van der Waals surface area contributed by atoms with Crippen LogP contribution in [-0.4, -0.2) is 34.7 Å². The third-order valence-corrected chi connectivity index (χ3v) is 5.17. The Morgan fingerprint density at radius 3 is 2.36 bits per heavy atom. The summed E-state index contributed by atoms with van der Waals surface area (Å²) < 4.78 is 0. The number of aryl methyl sites for hydroxylation is 1. The number of halogens is 1. The van der Waals surface area contributed by atoms with Crippen LogP contribution in [0.3, 0.4) is 0 Å². The number of nitrogens with zero attached hydrogens (tertiary/aromatic N) is 2. The summed E-state index contributed by atoms with van der Waals surface area (Å²) in [5, 5.41) is 14.2. The number of nitro benzene ring substituents is 1. The number of nitrogens with one attached hydrogen (secondary N) is 1. The van der Waals surface area contributed by atoms with Crippen molar-refractivity contribution >= 4 is 34.8 Å². The largest absolute Gasteiger partial charge is 0.339 e. The van der Waals surface area contributed by atoms with Crippen molar-refractivity contribution in [2.75, 3.05) is 18.4 Å². The fourth-order valence-corrected chi connectivity index (χ4v) is 3.38. The van der Waals surface area contributed by atoms with Gasteiger partial charge in [0, 0.05) is 47.4 Å². The topological polar surface area (TPSA) is 92.6 Å². The first-order chi connectivity index (χ1) is 13.3. The zero-order valence-corrected chi connectivity index (χ0v) is 16.1. The maximum atomic E-state index is 12.6. The van der Waals surface area contributed by atoms with Crippen molar-refractivity contribution in [1.29, 1.82) is 0 Å². The Hall–Kier alpha value is -2.93. The number of nitro groups is 1. The van der Waals surface area contributed by atoms with Crippen molar-refractivity contribution < 1.29 is 14.5 Å². The van der Waals surface area contributed by atoms with Crippen LogP contribution in [0.15, 0.2) is 42.5 Å². The predicted molar refractivity (Wildman–Crippen MR) is 107 cm³/mol. The third-order valence-electron chi connectivity index (χ3n) is 4.92. The fourth-order valence-electron chi connectivity index (χ4n) is 3.26. The number of carbonyl (C=O) groups excluding carboxylic acids is 2. The summed E-state index contributed by atoms with van der Waals surface area (Å²) in [6.07, 6.45) is 1.13. The molecule has 7 nitrogen and oxygen atoms in total. The highest BCUT2D eigenvalue weighted by Gasteiger charge is 2.28. The molecule has 0 unspecified atom stereocenters. The molecule has 0 bridgehead atoms. The number of anilines is 1. The molecule has 2 aromatic rings. The normalized spacial score (nSPS) is 14.6. The number of hydrogen-bond acceptors (Lipinski definition) is 4. The maximum Gasteiger partial charge on any atom is 0.269 e. The highest BCUT2D eigenvalue weighted by atomic mass is 35.5. The summed E-state index contributed by atoms with van der Waals surface area (Å²) in [7, 11) is 0. The predicted octanol–water partition coefficient (Wildman–Crippen LogP) is 4.05. The lowest BCUT2D eigenvalue weighted by molar-refractivity contribution is -0.384. The van der Waals surface area contributed by atoms with Gasteiger partial charge in [0.2, 0.25) is 5.91 Å². The number of hydrogen-bond donors (Lipinski definition) is 1. The molecule has 0 aromatic heterocycles. The lowest BCUT2D eigenvalue weighted by Gasteiger charge is -2.31. The van der Waals surface area contributed by atoms with Crippen molar-refractivity contribution in [3.63, 3.8) is 0 Å². The monoisotopic (exact) mass is 401 g/mol. The van der Waals surface area contributed by atoms with E-state index in [9.17, 15) is 19.7 Å². The summed E-state index contributed by atoms with van der Waals surface area (Å²) in [6.45, 7) is 2.72. The van der Waals surface area contributed by atoms with E-state index in [2.05, 4.69) is 5.32 Å². The molecule has 0 atom stereocenters. The highest BCUT2D eigenvalue weighted by Crippen LogP contribution is 2.25. The van der Waals surface area contributed by atoms with E-state index in [1.807, 2.05) is 0 Å². The lowest BCUT2D eigenvalue weighted by Crippen LogP contribution is -2.41. The molecule has 2 aromatic carbocycles. The van der Waals surface area contributed by atoms with Gasteiger partial charge in [-0.25, -0.2) is 0 Å². The van der Waals surface area contributed by atoms with Gasteiger partial charge in [0.05, 0.1) is 4.92 Å². The van der Waals surface area contributed by atoms with Crippen molar-refractivity contribution in [2.24, 2.45) is 5.92 Å². The van der Waals surface area contributed by atoms with Crippen LogP contribution in [0.5, 0.6) is 0 Å². The summed E-state index contributed by atoms with van der Waals surface area (Å²) >= 11 is 5.86. The van der Waals surface area contributed by atoms with E-state index in [4.69, 9.17) is 11.6 Å². The van der Waals surface area contributed by atoms with Crippen LogP contribution < -0.4 is 5.32 Å². The molecule has 1 N–H and O–H groups in total. The van der Waals surface area contributed by atoms with Gasteiger partial charge in [0.1, 0.15) is 0 Å². The summed E-state index contributed by atoms with van der Waals surface area (Å²) in [4.78, 5) is 37.2. The minimum absolute atomic E-state index is 0.00970. The Labute approximate surface area is 167 Å². The van der Waals surface area contributed by atoms with Crippen molar-refractivity contribution in [3.8, 4) is 0 Å². The number of likely N-dealkylation sites (tertiary alicyclic amines) is 1. The SMILES string of the molecule is Cc1cc([N+](=O)[O-])ccc1NC(=O)C1CCN(C(=O)c2ccc(Cl)cc2)CC1. The van der Waals surface area contributed by atoms with Crippen molar-refractivity contribution in [2.45, 2.75) is 19.8 Å². The first-order valence-corrected chi connectivity index (χ1v) is 9.33. The molecule has 0 saturated carbocycles. The van der Waals surface area contributed by atoms with E-state index in [0.29, 0.717) is 47.8 Å². The van der Waals surface area contributed by atoms with Gasteiger partial charge >= 0.3 is 0 Å². The van der Waals surface area contributed by atoms with E-state index >= 15 is 0 Å². The number of rotatable bonds is 4. The number of amides is 2. The van der Waals surface area contributed by atoms with Gasteiger partial charge in [0.15, 0.2) is 0 Å². The molecule has 28 heavy (non-hydrogen) atoms. The van der Waals surface area contributed by atoms with Crippen LogP contribution in [-0.2, 0) is 4.79 Å². The summed E-state index contributed by atoms with van der Waals surface area (Å²) in [6, 6.07) is 11.1. The second-order valence-electron chi connectivity index (χ2n) is 6.82. The van der Waals surface area contributed by atoms with Crippen LogP contribution in [0, 0.1) is 23.0 Å². The van der Waals surface area contributed by atoms with Crippen LogP contribution in [0.25, 0.3) is 0 Å². The van der Waals surface area contributed by atoms with Crippen LogP contribution in [0.2, 0.25) is 5.02 Å². The number of non-ortho nitro benzene ring substituents is 1. The number of carbonyl (C=O) groups is 2. The Bertz CT molecular complexity index is 906. The molecule has 1 heterocycles. The molecule has 1 saturated heterocycles. The van der Waals surface area contributed by atoms with Gasteiger partial charge in [0.25, 0.3) is 11.6 Å². The average molecular weight is 402 g/mol. The Balaban J connectivity index is 1.57. The van der Waals surface area contributed by atoms with E-state index in [1.165, 1.54) is 12.1 Å². The zero-order chi connectivity index (χ0) is 20.3. The third kappa shape index (κ3) is 4.48. The zero-order valence-electron chi connectivity index (χ0n) is 15.4. The Morgan fingerprint density at radius 2 is 1.79 bits per heavy atom. The maximum absolute atomic E-state index is 12.6. The highest BCUT2D eigenvalue weighted by molar-refractivity contribution is 6.30. The standard InChI is InChI=1S/C20H20ClN3O4/c1-13-12-17(24(27)28)6-7-18(13)22-19(25)14-8-10-23(11-9-14)20(26)15-2-4-16(21)5-3-15/h2-7,12,14H,8-11H2,1H3,(H,22,25). The number of piperidine rings is 1. The van der Waals surface area contributed by atoms with Gasteiger partial charge in [-0.05, 0) is 55.7 Å². The Morgan fingerprint density at radius 1 is 1.14 bits per heavy atom. The molecule has 1 aliphatic heterocycles. The minimum atomic E-state index is -0.466. The average Bonchev–Trinajstić information content (AvgIpc) is 2.69. The van der Waals surface area contributed by atoms with Gasteiger partial charge in [-0.2, -0.15) is 0 Å². The smallest absolute Gasteiger partial charge is 0.269 e. The van der Waals surface area contributed by atoms with Gasteiger partial charge in [-0.1, -0.05) is 11.6 Å². The molecule has 2 amide bonds. The van der Waals surface area contributed by atoms with E-state index < -0.39 is 4.92 Å².